The molecule has 0 bridgehead atoms. The molecule has 5 heteroatoms. The number of carbonyl (C=O) groups excluding carboxylic acids is 2. The first-order valence-corrected chi connectivity index (χ1v) is 7.80. The molecular weight excluding hydrogens is 304 g/mol. The number of nitrogens with zero attached hydrogens (tertiary/aromatic N) is 1. The molecule has 0 aliphatic rings. The number of amides is 2. The predicted octanol–water partition coefficient (Wildman–Crippen LogP) is 2.11. The first kappa shape index (κ1) is 17.7. The summed E-state index contributed by atoms with van der Waals surface area (Å²) in [6.07, 6.45) is 0. The summed E-state index contributed by atoms with van der Waals surface area (Å²) in [5.41, 5.74) is 7.43. The lowest BCUT2D eigenvalue weighted by Gasteiger charge is -2.28. The second-order valence-corrected chi connectivity index (χ2v) is 5.55. The Morgan fingerprint density at radius 1 is 1.00 bits per heavy atom. The van der Waals surface area contributed by atoms with Gasteiger partial charge < -0.3 is 15.4 Å². The largest absolute Gasteiger partial charge is 0.374 e. The van der Waals surface area contributed by atoms with Crippen LogP contribution in [0.25, 0.3) is 0 Å². The van der Waals surface area contributed by atoms with Crippen molar-refractivity contribution < 1.29 is 14.3 Å². The lowest BCUT2D eigenvalue weighted by Crippen LogP contribution is -2.49. The SMILES string of the molecule is CC(=O)N(Cc1ccccc1)[C@H](COCc1ccccc1)C(N)=O. The van der Waals surface area contributed by atoms with E-state index in [2.05, 4.69) is 0 Å². The summed E-state index contributed by atoms with van der Waals surface area (Å²) < 4.78 is 5.62. The van der Waals surface area contributed by atoms with Crippen LogP contribution in [-0.2, 0) is 27.5 Å². The van der Waals surface area contributed by atoms with Gasteiger partial charge in [0.05, 0.1) is 13.2 Å². The minimum absolute atomic E-state index is 0.0661. The van der Waals surface area contributed by atoms with Crippen molar-refractivity contribution in [2.45, 2.75) is 26.1 Å². The van der Waals surface area contributed by atoms with Crippen molar-refractivity contribution in [2.75, 3.05) is 6.61 Å². The molecule has 2 N–H and O–H groups in total. The summed E-state index contributed by atoms with van der Waals surface area (Å²) in [7, 11) is 0. The van der Waals surface area contributed by atoms with Gasteiger partial charge in [0.2, 0.25) is 11.8 Å². The van der Waals surface area contributed by atoms with Crippen LogP contribution in [0.5, 0.6) is 0 Å². The maximum absolute atomic E-state index is 12.0. The van der Waals surface area contributed by atoms with Gasteiger partial charge in [0, 0.05) is 13.5 Å². The molecule has 1 atom stereocenters. The number of nitrogens with two attached hydrogens (primary N) is 1. The highest BCUT2D eigenvalue weighted by Gasteiger charge is 2.26. The van der Waals surface area contributed by atoms with Crippen molar-refractivity contribution in [3.8, 4) is 0 Å². The fourth-order valence-corrected chi connectivity index (χ4v) is 2.41. The van der Waals surface area contributed by atoms with Gasteiger partial charge in [0.25, 0.3) is 0 Å². The Hall–Kier alpha value is -2.66. The zero-order chi connectivity index (χ0) is 17.4. The topological polar surface area (TPSA) is 72.6 Å². The Labute approximate surface area is 142 Å². The molecule has 0 aliphatic carbocycles. The van der Waals surface area contributed by atoms with Crippen LogP contribution in [0.2, 0.25) is 0 Å². The van der Waals surface area contributed by atoms with E-state index >= 15 is 0 Å². The molecule has 24 heavy (non-hydrogen) atoms. The molecule has 2 rings (SSSR count). The van der Waals surface area contributed by atoms with Crippen LogP contribution in [0.4, 0.5) is 0 Å². The zero-order valence-corrected chi connectivity index (χ0v) is 13.7. The molecule has 126 valence electrons. The van der Waals surface area contributed by atoms with E-state index in [9.17, 15) is 9.59 Å². The summed E-state index contributed by atoms with van der Waals surface area (Å²) in [5.74, 6) is -0.792. The number of hydrogen-bond acceptors (Lipinski definition) is 3. The van der Waals surface area contributed by atoms with Gasteiger partial charge in [0.1, 0.15) is 6.04 Å². The third-order valence-corrected chi connectivity index (χ3v) is 3.69. The van der Waals surface area contributed by atoms with Gasteiger partial charge in [-0.2, -0.15) is 0 Å². The number of hydrogen-bond donors (Lipinski definition) is 1. The highest BCUT2D eigenvalue weighted by atomic mass is 16.5. The maximum atomic E-state index is 12.0. The first-order chi connectivity index (χ1) is 11.6. The van der Waals surface area contributed by atoms with Crippen molar-refractivity contribution in [2.24, 2.45) is 5.73 Å². The molecule has 0 unspecified atom stereocenters. The molecule has 2 aromatic rings. The van der Waals surface area contributed by atoms with Crippen LogP contribution in [0.15, 0.2) is 60.7 Å². The summed E-state index contributed by atoms with van der Waals surface area (Å²) in [5, 5.41) is 0. The van der Waals surface area contributed by atoms with Crippen LogP contribution in [-0.4, -0.2) is 29.4 Å². The molecule has 2 amide bonds. The van der Waals surface area contributed by atoms with Crippen molar-refractivity contribution in [3.05, 3.63) is 71.8 Å². The molecule has 0 saturated heterocycles. The Balaban J connectivity index is 2.02. The van der Waals surface area contributed by atoms with Crippen molar-refractivity contribution in [1.29, 1.82) is 0 Å². The second-order valence-electron chi connectivity index (χ2n) is 5.55. The molecule has 0 fully saturated rings. The fourth-order valence-electron chi connectivity index (χ4n) is 2.41. The van der Waals surface area contributed by atoms with Crippen molar-refractivity contribution >= 4 is 11.8 Å². The average molecular weight is 326 g/mol. The van der Waals surface area contributed by atoms with Crippen LogP contribution in [0.1, 0.15) is 18.1 Å². The molecule has 0 heterocycles. The van der Waals surface area contributed by atoms with Gasteiger partial charge in [-0.15, -0.1) is 0 Å². The standard InChI is InChI=1S/C19H22N2O3/c1-15(22)21(12-16-8-4-2-5-9-16)18(19(20)23)14-24-13-17-10-6-3-7-11-17/h2-11,18H,12-14H2,1H3,(H2,20,23)/t18-/m1/s1. The van der Waals surface area contributed by atoms with E-state index in [4.69, 9.17) is 10.5 Å². The summed E-state index contributed by atoms with van der Waals surface area (Å²) in [6, 6.07) is 18.3. The summed E-state index contributed by atoms with van der Waals surface area (Å²) in [6.45, 7) is 2.17. The molecular formula is C19H22N2O3. The van der Waals surface area contributed by atoms with Gasteiger partial charge in [-0.25, -0.2) is 0 Å². The van der Waals surface area contributed by atoms with Crippen LogP contribution in [0, 0.1) is 0 Å². The van der Waals surface area contributed by atoms with Gasteiger partial charge in [-0.05, 0) is 11.1 Å². The number of rotatable bonds is 8. The lowest BCUT2D eigenvalue weighted by molar-refractivity contribution is -0.141. The minimum Gasteiger partial charge on any atom is -0.374 e. The number of primary amides is 1. The highest BCUT2D eigenvalue weighted by molar-refractivity contribution is 5.85. The minimum atomic E-state index is -0.800. The lowest BCUT2D eigenvalue weighted by atomic mass is 10.1. The molecule has 2 aromatic carbocycles. The number of carbonyl (C=O) groups is 2. The third kappa shape index (κ3) is 5.21. The molecule has 0 saturated carbocycles. The molecule has 0 aromatic heterocycles. The maximum Gasteiger partial charge on any atom is 0.242 e. The van der Waals surface area contributed by atoms with Crippen LogP contribution >= 0.6 is 0 Å². The molecule has 0 radical (unpaired) electrons. The third-order valence-electron chi connectivity index (χ3n) is 3.69. The molecule has 5 nitrogen and oxygen atoms in total. The normalized spacial score (nSPS) is 11.7. The number of benzene rings is 2. The zero-order valence-electron chi connectivity index (χ0n) is 13.7. The summed E-state index contributed by atoms with van der Waals surface area (Å²) >= 11 is 0. The Bertz CT molecular complexity index is 659. The van der Waals surface area contributed by atoms with E-state index in [-0.39, 0.29) is 12.5 Å². The van der Waals surface area contributed by atoms with Crippen molar-refractivity contribution in [1.82, 2.24) is 4.90 Å². The number of ether oxygens (including phenoxy) is 1. The quantitative estimate of drug-likeness (QED) is 0.807. The van der Waals surface area contributed by atoms with Crippen molar-refractivity contribution in [3.63, 3.8) is 0 Å². The molecule has 0 aliphatic heterocycles. The second kappa shape index (κ2) is 8.84. The van der Waals surface area contributed by atoms with E-state index in [1.807, 2.05) is 60.7 Å². The first-order valence-electron chi connectivity index (χ1n) is 7.80. The predicted molar refractivity (Wildman–Crippen MR) is 91.7 cm³/mol. The van der Waals surface area contributed by atoms with Gasteiger partial charge in [-0.1, -0.05) is 60.7 Å². The Morgan fingerprint density at radius 3 is 2.04 bits per heavy atom. The van der Waals surface area contributed by atoms with Crippen LogP contribution < -0.4 is 5.73 Å². The van der Waals surface area contributed by atoms with Crippen LogP contribution in [0.3, 0.4) is 0 Å². The van der Waals surface area contributed by atoms with Gasteiger partial charge in [-0.3, -0.25) is 9.59 Å². The van der Waals surface area contributed by atoms with E-state index in [1.165, 1.54) is 11.8 Å². The highest BCUT2D eigenvalue weighted by Crippen LogP contribution is 2.11. The fraction of sp³-hybridized carbons (Fsp3) is 0.263. The van der Waals surface area contributed by atoms with E-state index in [1.54, 1.807) is 0 Å². The molecule has 0 spiro atoms. The average Bonchev–Trinajstić information content (AvgIpc) is 2.58. The Kier molecular flexibility index (Phi) is 6.51. The Morgan fingerprint density at radius 2 is 1.54 bits per heavy atom. The smallest absolute Gasteiger partial charge is 0.242 e. The monoisotopic (exact) mass is 326 g/mol. The van der Waals surface area contributed by atoms with Gasteiger partial charge in [0.15, 0.2) is 0 Å². The van der Waals surface area contributed by atoms with E-state index in [0.29, 0.717) is 13.2 Å². The van der Waals surface area contributed by atoms with E-state index in [0.717, 1.165) is 11.1 Å². The van der Waals surface area contributed by atoms with E-state index < -0.39 is 11.9 Å². The van der Waals surface area contributed by atoms with Gasteiger partial charge >= 0.3 is 0 Å². The summed E-state index contributed by atoms with van der Waals surface area (Å²) in [4.78, 5) is 25.3.